The van der Waals surface area contributed by atoms with Crippen LogP contribution < -0.4 is 4.90 Å². The Morgan fingerprint density at radius 2 is 1.37 bits per heavy atom. The first-order valence-electron chi connectivity index (χ1n) is 11.5. The molecule has 4 heteroatoms. The van der Waals surface area contributed by atoms with Crippen LogP contribution in [0.2, 0.25) is 0 Å². The Kier molecular flexibility index (Phi) is 19.8. The van der Waals surface area contributed by atoms with Crippen molar-refractivity contribution < 1.29 is 19.5 Å². The van der Waals surface area contributed by atoms with Crippen molar-refractivity contribution in [1.82, 2.24) is 0 Å². The van der Waals surface area contributed by atoms with Crippen LogP contribution in [0.5, 0.6) is 0 Å². The first-order chi connectivity index (χ1) is 12.8. The molecule has 0 heterocycles. The average Bonchev–Trinajstić information content (AvgIpc) is 2.66. The van der Waals surface area contributed by atoms with Gasteiger partial charge in [-0.05, 0) is 46.0 Å². The normalized spacial score (nSPS) is 14.3. The molecule has 0 aromatic heterocycles. The third-order valence-corrected chi connectivity index (χ3v) is 5.18. The molecule has 164 valence electrons. The molecule has 0 aliphatic heterocycles. The van der Waals surface area contributed by atoms with Crippen LogP contribution in [0.25, 0.3) is 0 Å². The van der Waals surface area contributed by atoms with Gasteiger partial charge in [-0.15, -0.1) is 0 Å². The molecular formula is C23H50NO3+. The molecule has 0 fully saturated rings. The van der Waals surface area contributed by atoms with Crippen LogP contribution >= 0.6 is 0 Å². The Morgan fingerprint density at radius 1 is 0.926 bits per heavy atom. The predicted octanol–water partition coefficient (Wildman–Crippen LogP) is 4.40. The highest BCUT2D eigenvalue weighted by Gasteiger charge is 2.31. The van der Waals surface area contributed by atoms with Crippen LogP contribution in [0.15, 0.2) is 0 Å². The largest absolute Gasteiger partial charge is 0.463 e. The summed E-state index contributed by atoms with van der Waals surface area (Å²) in [5.41, 5.74) is -0.385. The van der Waals surface area contributed by atoms with E-state index in [0.29, 0.717) is 0 Å². The molecule has 0 aliphatic rings. The zero-order valence-corrected chi connectivity index (χ0v) is 19.5. The fourth-order valence-electron chi connectivity index (χ4n) is 3.00. The molecule has 0 amide bonds. The molecule has 0 aromatic carbocycles. The number of carbonyl (C=O) groups excluding carboxylic acids is 1. The predicted molar refractivity (Wildman–Crippen MR) is 116 cm³/mol. The summed E-state index contributed by atoms with van der Waals surface area (Å²) in [5, 5.41) is 8.99. The van der Waals surface area contributed by atoms with Gasteiger partial charge in [0.2, 0.25) is 0 Å². The van der Waals surface area contributed by atoms with Gasteiger partial charge < -0.3 is 14.7 Å². The Balaban J connectivity index is 0. The van der Waals surface area contributed by atoms with E-state index in [2.05, 4.69) is 27.7 Å². The molecule has 27 heavy (non-hydrogen) atoms. The van der Waals surface area contributed by atoms with E-state index >= 15 is 0 Å². The second kappa shape index (κ2) is 18.7. The van der Waals surface area contributed by atoms with E-state index in [4.69, 9.17) is 9.84 Å². The van der Waals surface area contributed by atoms with Crippen LogP contribution in [-0.2, 0) is 9.53 Å². The molecule has 0 spiro atoms. The number of nitrogens with one attached hydrogen (secondary N) is 1. The van der Waals surface area contributed by atoms with Crippen LogP contribution in [0, 0.1) is 5.41 Å². The van der Waals surface area contributed by atoms with Gasteiger partial charge in [0.1, 0.15) is 6.61 Å². The third-order valence-electron chi connectivity index (χ3n) is 5.18. The maximum atomic E-state index is 11.7. The number of ether oxygens (including phenoxy) is 1. The summed E-state index contributed by atoms with van der Waals surface area (Å²) < 4.78 is 5.02. The Bertz CT molecular complexity index is 315. The minimum Gasteiger partial charge on any atom is -0.463 e. The van der Waals surface area contributed by atoms with E-state index in [1.165, 1.54) is 58.2 Å². The van der Waals surface area contributed by atoms with Crippen LogP contribution in [0.1, 0.15) is 106 Å². The van der Waals surface area contributed by atoms with Gasteiger partial charge in [-0.25, -0.2) is 0 Å². The summed E-state index contributed by atoms with van der Waals surface area (Å²) in [6.45, 7) is 18.7. The lowest BCUT2D eigenvalue weighted by Gasteiger charge is -2.25. The van der Waals surface area contributed by atoms with Crippen molar-refractivity contribution in [1.29, 1.82) is 0 Å². The molecule has 0 saturated carbocycles. The zero-order chi connectivity index (χ0) is 21.1. The molecule has 0 bridgehead atoms. The Hall–Kier alpha value is -0.610. The Labute approximate surface area is 170 Å². The average molecular weight is 389 g/mol. The topological polar surface area (TPSA) is 51.0 Å². The van der Waals surface area contributed by atoms with Crippen LogP contribution in [0.3, 0.4) is 0 Å². The molecule has 0 saturated heterocycles. The molecular weight excluding hydrogens is 338 g/mol. The Morgan fingerprint density at radius 3 is 1.67 bits per heavy atom. The second-order valence-electron chi connectivity index (χ2n) is 8.17. The van der Waals surface area contributed by atoms with Gasteiger partial charge in [0.05, 0.1) is 31.2 Å². The van der Waals surface area contributed by atoms with Gasteiger partial charge in [-0.2, -0.15) is 0 Å². The number of esters is 1. The number of aliphatic hydroxyl groups is 1. The molecule has 0 radical (unpaired) electrons. The number of hydrogen-bond acceptors (Lipinski definition) is 3. The van der Waals surface area contributed by atoms with Crippen molar-refractivity contribution >= 4 is 5.97 Å². The minimum absolute atomic E-state index is 0.0954. The van der Waals surface area contributed by atoms with Crippen LogP contribution in [-0.4, -0.2) is 43.4 Å². The van der Waals surface area contributed by atoms with E-state index in [-0.39, 0.29) is 18.0 Å². The van der Waals surface area contributed by atoms with Crippen molar-refractivity contribution in [3.8, 4) is 0 Å². The molecule has 0 aliphatic carbocycles. The monoisotopic (exact) mass is 388 g/mol. The van der Waals surface area contributed by atoms with E-state index in [1.54, 1.807) is 6.92 Å². The standard InChI is InChI=1S/C12H27N.C11H22O3/c1-4-7-10-13(11-8-5-2)12-9-6-3;1-5-7-11(4,6-2)10(13)14-8-9(3)12/h4-12H2,1-3H3;9,12H,5-8H2,1-4H3/p+1. The van der Waals surface area contributed by atoms with Crippen molar-refractivity contribution in [2.45, 2.75) is 112 Å². The van der Waals surface area contributed by atoms with Gasteiger partial charge in [0.25, 0.3) is 0 Å². The van der Waals surface area contributed by atoms with Crippen molar-refractivity contribution in [2.24, 2.45) is 5.41 Å². The number of quaternary nitrogens is 1. The summed E-state index contributed by atoms with van der Waals surface area (Å²) in [6.07, 6.45) is 10.3. The summed E-state index contributed by atoms with van der Waals surface area (Å²) >= 11 is 0. The van der Waals surface area contributed by atoms with E-state index in [1.807, 2.05) is 18.7 Å². The lowest BCUT2D eigenvalue weighted by atomic mass is 9.83. The maximum Gasteiger partial charge on any atom is 0.311 e. The summed E-state index contributed by atoms with van der Waals surface area (Å²) in [4.78, 5) is 13.5. The lowest BCUT2D eigenvalue weighted by molar-refractivity contribution is -0.900. The number of aliphatic hydroxyl groups excluding tert-OH is 1. The van der Waals surface area contributed by atoms with Gasteiger partial charge in [0.15, 0.2) is 0 Å². The van der Waals surface area contributed by atoms with Gasteiger partial charge in [0, 0.05) is 0 Å². The van der Waals surface area contributed by atoms with Crippen molar-refractivity contribution in [3.63, 3.8) is 0 Å². The van der Waals surface area contributed by atoms with Crippen LogP contribution in [0.4, 0.5) is 0 Å². The number of rotatable bonds is 15. The van der Waals surface area contributed by atoms with Gasteiger partial charge in [-0.3, -0.25) is 4.79 Å². The van der Waals surface area contributed by atoms with E-state index < -0.39 is 6.10 Å². The van der Waals surface area contributed by atoms with Crippen molar-refractivity contribution in [3.05, 3.63) is 0 Å². The smallest absolute Gasteiger partial charge is 0.311 e. The molecule has 2 atom stereocenters. The first kappa shape index (κ1) is 28.6. The second-order valence-corrected chi connectivity index (χ2v) is 8.17. The SMILES string of the molecule is CCCC(C)(CC)C(=O)OCC(C)O.CCCC[NH+](CCCC)CCCC. The first-order valence-corrected chi connectivity index (χ1v) is 11.5. The highest BCUT2D eigenvalue weighted by atomic mass is 16.5. The summed E-state index contributed by atoms with van der Waals surface area (Å²) in [6, 6.07) is 0. The molecule has 0 rings (SSSR count). The summed E-state index contributed by atoms with van der Waals surface area (Å²) in [7, 11) is 0. The molecule has 2 unspecified atom stereocenters. The third kappa shape index (κ3) is 16.1. The van der Waals surface area contributed by atoms with Gasteiger partial charge >= 0.3 is 5.97 Å². The zero-order valence-electron chi connectivity index (χ0n) is 19.5. The number of unbranched alkanes of at least 4 members (excludes halogenated alkanes) is 3. The minimum atomic E-state index is -0.582. The fraction of sp³-hybridized carbons (Fsp3) is 0.957. The molecule has 4 nitrogen and oxygen atoms in total. The summed E-state index contributed by atoms with van der Waals surface area (Å²) in [5.74, 6) is -0.192. The van der Waals surface area contributed by atoms with E-state index in [0.717, 1.165) is 19.3 Å². The van der Waals surface area contributed by atoms with Crippen molar-refractivity contribution in [2.75, 3.05) is 26.2 Å². The quantitative estimate of drug-likeness (QED) is 0.409. The van der Waals surface area contributed by atoms with Gasteiger partial charge in [-0.1, -0.05) is 60.3 Å². The lowest BCUT2D eigenvalue weighted by Crippen LogP contribution is -3.12. The number of hydrogen-bond donors (Lipinski definition) is 2. The highest BCUT2D eigenvalue weighted by Crippen LogP contribution is 2.28. The van der Waals surface area contributed by atoms with E-state index in [9.17, 15) is 4.79 Å². The fourth-order valence-corrected chi connectivity index (χ4v) is 3.00. The highest BCUT2D eigenvalue weighted by molar-refractivity contribution is 5.76. The molecule has 2 N–H and O–H groups in total. The maximum absolute atomic E-state index is 11.7. The molecule has 0 aromatic rings. The number of carbonyl (C=O) groups is 1.